The number of para-hydroxylation sites is 2. The number of nitrogens with zero attached hydrogens (tertiary/aromatic N) is 2. The van der Waals surface area contributed by atoms with Gasteiger partial charge in [-0.25, -0.2) is 0 Å². The van der Waals surface area contributed by atoms with Gasteiger partial charge in [-0.1, -0.05) is 55.5 Å². The van der Waals surface area contributed by atoms with E-state index >= 15 is 0 Å². The molecule has 0 bridgehead atoms. The van der Waals surface area contributed by atoms with Gasteiger partial charge in [-0.3, -0.25) is 4.79 Å². The molecule has 0 saturated carbocycles. The van der Waals surface area contributed by atoms with E-state index in [1.807, 2.05) is 67.6 Å². The number of hydrogen-bond donors (Lipinski definition) is 3. The molecular weight excluding hydrogens is 400 g/mol. The van der Waals surface area contributed by atoms with Gasteiger partial charge >= 0.3 is 0 Å². The molecule has 0 aliphatic carbocycles. The molecule has 0 atom stereocenters. The molecule has 5 rings (SSSR count). The molecule has 6 nitrogen and oxygen atoms in total. The lowest BCUT2D eigenvalue weighted by Crippen LogP contribution is -2.13. The molecule has 1 aromatic heterocycles. The van der Waals surface area contributed by atoms with Crippen molar-refractivity contribution in [3.63, 3.8) is 0 Å². The standard InChI is InChI=1S/C26H22N4O2/c1-3-15-8-4-6-10-20(15)29-26(32)19-14-16-12-13-18-17-9-5-7-11-21(17)28-23(18)22(16)24(25(19)31)30-27-2/h4-14,28,31H,3H2,1-2H3,(H,29,32). The number of H-pyrrole nitrogens is 1. The van der Waals surface area contributed by atoms with Crippen molar-refractivity contribution in [2.75, 3.05) is 12.4 Å². The molecule has 4 aromatic carbocycles. The van der Waals surface area contributed by atoms with Crippen molar-refractivity contribution in [2.24, 2.45) is 10.2 Å². The number of fused-ring (bicyclic) bond motifs is 5. The van der Waals surface area contributed by atoms with E-state index in [4.69, 9.17) is 0 Å². The van der Waals surface area contributed by atoms with Crippen molar-refractivity contribution in [3.8, 4) is 5.75 Å². The molecule has 0 fully saturated rings. The minimum atomic E-state index is -0.394. The van der Waals surface area contributed by atoms with Gasteiger partial charge in [0.05, 0.1) is 11.1 Å². The number of azo groups is 1. The quantitative estimate of drug-likeness (QED) is 0.281. The van der Waals surface area contributed by atoms with Crippen LogP contribution in [0.1, 0.15) is 22.8 Å². The Bertz CT molecular complexity index is 1530. The third-order valence-corrected chi connectivity index (χ3v) is 5.82. The number of aromatic hydroxyl groups is 1. The highest BCUT2D eigenvalue weighted by Gasteiger charge is 2.21. The second kappa shape index (κ2) is 7.81. The summed E-state index contributed by atoms with van der Waals surface area (Å²) < 4.78 is 0. The Morgan fingerprint density at radius 3 is 2.62 bits per heavy atom. The fraction of sp³-hybridized carbons (Fsp3) is 0.115. The first-order chi connectivity index (χ1) is 15.6. The van der Waals surface area contributed by atoms with Gasteiger partial charge in [-0.15, -0.1) is 0 Å². The molecule has 0 spiro atoms. The molecule has 0 aliphatic rings. The van der Waals surface area contributed by atoms with E-state index in [1.165, 1.54) is 0 Å². The number of anilines is 1. The second-order valence-electron chi connectivity index (χ2n) is 7.64. The van der Waals surface area contributed by atoms with Gasteiger partial charge < -0.3 is 15.4 Å². The normalized spacial score (nSPS) is 11.7. The number of aryl methyl sites for hydroxylation is 1. The van der Waals surface area contributed by atoms with E-state index in [2.05, 4.69) is 20.5 Å². The van der Waals surface area contributed by atoms with Crippen molar-refractivity contribution in [2.45, 2.75) is 13.3 Å². The Hall–Kier alpha value is -4.19. The lowest BCUT2D eigenvalue weighted by atomic mass is 10.00. The maximum Gasteiger partial charge on any atom is 0.259 e. The highest BCUT2D eigenvalue weighted by Crippen LogP contribution is 2.43. The fourth-order valence-corrected chi connectivity index (χ4v) is 4.29. The number of rotatable bonds is 4. The van der Waals surface area contributed by atoms with Gasteiger partial charge in [-0.05, 0) is 35.6 Å². The maximum atomic E-state index is 13.2. The van der Waals surface area contributed by atoms with Crippen LogP contribution in [0.2, 0.25) is 0 Å². The average Bonchev–Trinajstić information content (AvgIpc) is 3.19. The molecule has 5 aromatic rings. The monoisotopic (exact) mass is 422 g/mol. The zero-order valence-corrected chi connectivity index (χ0v) is 17.8. The lowest BCUT2D eigenvalue weighted by Gasteiger charge is -2.13. The number of amides is 1. The predicted octanol–water partition coefficient (Wildman–Crippen LogP) is 6.71. The van der Waals surface area contributed by atoms with Crippen LogP contribution in [0.4, 0.5) is 11.4 Å². The van der Waals surface area contributed by atoms with Crippen LogP contribution in [-0.4, -0.2) is 23.0 Å². The molecule has 1 heterocycles. The Kier molecular flexibility index (Phi) is 4.82. The summed E-state index contributed by atoms with van der Waals surface area (Å²) in [6, 6.07) is 21.3. The van der Waals surface area contributed by atoms with Gasteiger partial charge in [0, 0.05) is 34.4 Å². The number of hydrogen-bond acceptors (Lipinski definition) is 4. The van der Waals surface area contributed by atoms with Crippen molar-refractivity contribution in [1.82, 2.24) is 4.98 Å². The van der Waals surface area contributed by atoms with Crippen molar-refractivity contribution >= 4 is 49.9 Å². The van der Waals surface area contributed by atoms with E-state index in [0.29, 0.717) is 0 Å². The van der Waals surface area contributed by atoms with Crippen LogP contribution >= 0.6 is 0 Å². The largest absolute Gasteiger partial charge is 0.505 e. The van der Waals surface area contributed by atoms with E-state index in [-0.39, 0.29) is 17.0 Å². The molecule has 0 radical (unpaired) electrons. The van der Waals surface area contributed by atoms with Crippen LogP contribution in [0.5, 0.6) is 5.75 Å². The molecule has 32 heavy (non-hydrogen) atoms. The van der Waals surface area contributed by atoms with Crippen LogP contribution in [-0.2, 0) is 6.42 Å². The van der Waals surface area contributed by atoms with Crippen LogP contribution in [0.15, 0.2) is 77.0 Å². The Balaban J connectivity index is 1.73. The summed E-state index contributed by atoms with van der Waals surface area (Å²) in [4.78, 5) is 16.6. The summed E-state index contributed by atoms with van der Waals surface area (Å²) in [6.07, 6.45) is 0.786. The Morgan fingerprint density at radius 2 is 1.81 bits per heavy atom. The first-order valence-electron chi connectivity index (χ1n) is 10.5. The minimum absolute atomic E-state index is 0.154. The summed E-state index contributed by atoms with van der Waals surface area (Å²) >= 11 is 0. The number of carbonyl (C=O) groups excluding carboxylic acids is 1. The summed E-state index contributed by atoms with van der Waals surface area (Å²) in [6.45, 7) is 2.03. The van der Waals surface area contributed by atoms with Gasteiger partial charge in [0.25, 0.3) is 5.91 Å². The van der Waals surface area contributed by atoms with Crippen molar-refractivity contribution < 1.29 is 9.90 Å². The van der Waals surface area contributed by atoms with E-state index in [1.54, 1.807) is 13.1 Å². The summed E-state index contributed by atoms with van der Waals surface area (Å²) in [5, 5.41) is 25.8. The molecular formula is C26H22N4O2. The Labute approximate surface area is 184 Å². The van der Waals surface area contributed by atoms with Gasteiger partial charge in [0.15, 0.2) is 5.75 Å². The topological polar surface area (TPSA) is 89.8 Å². The first-order valence-corrected chi connectivity index (χ1v) is 10.5. The molecule has 1 amide bonds. The fourth-order valence-electron chi connectivity index (χ4n) is 4.29. The van der Waals surface area contributed by atoms with Crippen molar-refractivity contribution in [3.05, 3.63) is 77.9 Å². The lowest BCUT2D eigenvalue weighted by molar-refractivity contribution is 0.102. The zero-order valence-electron chi connectivity index (χ0n) is 17.8. The summed E-state index contributed by atoms with van der Waals surface area (Å²) in [7, 11) is 1.54. The zero-order chi connectivity index (χ0) is 22.2. The van der Waals surface area contributed by atoms with E-state index in [9.17, 15) is 9.90 Å². The predicted molar refractivity (Wildman–Crippen MR) is 129 cm³/mol. The second-order valence-corrected chi connectivity index (χ2v) is 7.64. The molecule has 0 unspecified atom stereocenters. The van der Waals surface area contributed by atoms with E-state index in [0.717, 1.165) is 50.2 Å². The number of aromatic nitrogens is 1. The van der Waals surface area contributed by atoms with Crippen LogP contribution in [0, 0.1) is 0 Å². The highest BCUT2D eigenvalue weighted by molar-refractivity contribution is 6.22. The Morgan fingerprint density at radius 1 is 1.03 bits per heavy atom. The average molecular weight is 422 g/mol. The number of nitrogens with one attached hydrogen (secondary N) is 2. The van der Waals surface area contributed by atoms with Crippen LogP contribution < -0.4 is 5.32 Å². The smallest absolute Gasteiger partial charge is 0.259 e. The third kappa shape index (κ3) is 3.08. The maximum absolute atomic E-state index is 13.2. The molecule has 0 aliphatic heterocycles. The molecule has 0 saturated heterocycles. The summed E-state index contributed by atoms with van der Waals surface area (Å²) in [5.41, 5.74) is 4.02. The van der Waals surface area contributed by atoms with Gasteiger partial charge in [0.1, 0.15) is 5.69 Å². The third-order valence-electron chi connectivity index (χ3n) is 5.82. The molecule has 6 heteroatoms. The van der Waals surface area contributed by atoms with Gasteiger partial charge in [0.2, 0.25) is 0 Å². The molecule has 3 N–H and O–H groups in total. The van der Waals surface area contributed by atoms with Crippen molar-refractivity contribution in [1.29, 1.82) is 0 Å². The number of phenols is 1. The summed E-state index contributed by atoms with van der Waals surface area (Å²) in [5.74, 6) is -0.588. The van der Waals surface area contributed by atoms with Crippen LogP contribution in [0.25, 0.3) is 32.6 Å². The SMILES string of the molecule is CCc1ccccc1NC(=O)c1cc2ccc3c4ccccc4[nH]c3c2c(N=NC)c1O. The van der Waals surface area contributed by atoms with Crippen LogP contribution in [0.3, 0.4) is 0 Å². The number of phenolic OH excluding ortho intramolecular Hbond substituents is 1. The minimum Gasteiger partial charge on any atom is -0.505 e. The number of carbonyl (C=O) groups is 1. The van der Waals surface area contributed by atoms with Gasteiger partial charge in [-0.2, -0.15) is 10.2 Å². The molecule has 158 valence electrons. The number of benzene rings is 4. The number of aromatic amines is 1. The first kappa shape index (κ1) is 19.8. The highest BCUT2D eigenvalue weighted by atomic mass is 16.3. The van der Waals surface area contributed by atoms with E-state index < -0.39 is 5.91 Å².